The van der Waals surface area contributed by atoms with Crippen LogP contribution in [0.3, 0.4) is 0 Å². The van der Waals surface area contributed by atoms with Crippen molar-refractivity contribution >= 4 is 16.6 Å². The maximum atomic E-state index is 6.22. The molecule has 5 nitrogen and oxygen atoms in total. The number of hydrogen-bond acceptors (Lipinski definition) is 4. The molecule has 5 heteroatoms. The smallest absolute Gasteiger partial charge is 0.100 e. The maximum absolute atomic E-state index is 6.22. The van der Waals surface area contributed by atoms with Gasteiger partial charge in [-0.05, 0) is 35.4 Å². The molecule has 4 rings (SSSR count). The Bertz CT molecular complexity index is 977. The summed E-state index contributed by atoms with van der Waals surface area (Å²) in [5.74, 6) is 0. The maximum Gasteiger partial charge on any atom is 0.100 e. The fourth-order valence-electron chi connectivity index (χ4n) is 2.95. The van der Waals surface area contributed by atoms with E-state index in [2.05, 4.69) is 38.7 Å². The molecule has 0 bridgehead atoms. The van der Waals surface area contributed by atoms with Crippen LogP contribution in [0.5, 0.6) is 0 Å². The number of rotatable bonds is 5. The molecule has 0 saturated heterocycles. The number of hydrogen-bond donors (Lipinski definition) is 3. The third-order valence-corrected chi connectivity index (χ3v) is 4.26. The van der Waals surface area contributed by atoms with Crippen molar-refractivity contribution in [2.24, 2.45) is 0 Å². The molecule has 0 radical (unpaired) electrons. The Labute approximate surface area is 145 Å². The third-order valence-electron chi connectivity index (χ3n) is 4.26. The zero-order valence-corrected chi connectivity index (χ0v) is 13.7. The van der Waals surface area contributed by atoms with E-state index >= 15 is 0 Å². The minimum atomic E-state index is 0.706. The second-order valence-corrected chi connectivity index (χ2v) is 5.99. The molecule has 0 atom stereocenters. The van der Waals surface area contributed by atoms with Crippen molar-refractivity contribution in [3.63, 3.8) is 0 Å². The molecule has 0 saturated carbocycles. The van der Waals surface area contributed by atoms with Crippen LogP contribution in [0.4, 0.5) is 5.69 Å². The molecule has 0 fully saturated rings. The van der Waals surface area contributed by atoms with Gasteiger partial charge in [-0.3, -0.25) is 10.1 Å². The molecule has 4 aromatic rings. The zero-order valence-electron chi connectivity index (χ0n) is 13.7. The lowest BCUT2D eigenvalue weighted by Crippen LogP contribution is -2.13. The Morgan fingerprint density at radius 3 is 2.56 bits per heavy atom. The van der Waals surface area contributed by atoms with Gasteiger partial charge in [-0.15, -0.1) is 0 Å². The van der Waals surface area contributed by atoms with Crippen LogP contribution in [0.25, 0.3) is 22.2 Å². The van der Waals surface area contributed by atoms with Gasteiger partial charge in [0, 0.05) is 42.1 Å². The Kier molecular flexibility index (Phi) is 4.14. The van der Waals surface area contributed by atoms with Gasteiger partial charge in [0.05, 0.1) is 5.52 Å². The average Bonchev–Trinajstić information content (AvgIpc) is 3.06. The van der Waals surface area contributed by atoms with E-state index < -0.39 is 0 Å². The van der Waals surface area contributed by atoms with E-state index in [1.165, 1.54) is 5.56 Å². The number of H-pyrrole nitrogens is 1. The van der Waals surface area contributed by atoms with Crippen LogP contribution >= 0.6 is 0 Å². The second-order valence-electron chi connectivity index (χ2n) is 5.99. The SMILES string of the molecule is Nc1cc2[nH]nc(-c3ccncc3)c2cc1CNCc1ccccc1. The topological polar surface area (TPSA) is 79.6 Å². The van der Waals surface area contributed by atoms with E-state index in [0.29, 0.717) is 6.54 Å². The van der Waals surface area contributed by atoms with Crippen LogP contribution in [-0.2, 0) is 13.1 Å². The Hall–Kier alpha value is -3.18. The van der Waals surface area contributed by atoms with Gasteiger partial charge in [-0.2, -0.15) is 5.10 Å². The minimum absolute atomic E-state index is 0.706. The standard InChI is InChI=1S/C20H19N5/c21-18-11-19-17(20(25-24-19)15-6-8-22-9-7-15)10-16(18)13-23-12-14-4-2-1-3-5-14/h1-11,23H,12-13,21H2,(H,24,25). The van der Waals surface area contributed by atoms with Gasteiger partial charge in [0.1, 0.15) is 5.69 Å². The number of aromatic nitrogens is 3. The van der Waals surface area contributed by atoms with Crippen molar-refractivity contribution in [2.75, 3.05) is 5.73 Å². The molecule has 2 aromatic carbocycles. The quantitative estimate of drug-likeness (QED) is 0.490. The molecule has 0 aliphatic rings. The molecular weight excluding hydrogens is 310 g/mol. The lowest BCUT2D eigenvalue weighted by atomic mass is 10.0. The van der Waals surface area contributed by atoms with E-state index in [4.69, 9.17) is 5.73 Å². The first-order valence-electron chi connectivity index (χ1n) is 8.23. The van der Waals surface area contributed by atoms with Crippen LogP contribution < -0.4 is 11.1 Å². The summed E-state index contributed by atoms with van der Waals surface area (Å²) in [5.41, 5.74) is 12.2. The van der Waals surface area contributed by atoms with Gasteiger partial charge in [0.2, 0.25) is 0 Å². The van der Waals surface area contributed by atoms with E-state index in [0.717, 1.165) is 40.0 Å². The van der Waals surface area contributed by atoms with E-state index in [-0.39, 0.29) is 0 Å². The van der Waals surface area contributed by atoms with Crippen LogP contribution in [0.15, 0.2) is 67.0 Å². The fourth-order valence-corrected chi connectivity index (χ4v) is 2.95. The number of fused-ring (bicyclic) bond motifs is 1. The number of aromatic amines is 1. The summed E-state index contributed by atoms with van der Waals surface area (Å²) in [6.07, 6.45) is 3.55. The van der Waals surface area contributed by atoms with E-state index in [1.807, 2.05) is 36.4 Å². The van der Waals surface area contributed by atoms with E-state index in [1.54, 1.807) is 12.4 Å². The molecular formula is C20H19N5. The van der Waals surface area contributed by atoms with Crippen molar-refractivity contribution < 1.29 is 0 Å². The molecule has 2 heterocycles. The largest absolute Gasteiger partial charge is 0.398 e. The summed E-state index contributed by atoms with van der Waals surface area (Å²) in [6, 6.07) is 18.3. The normalized spacial score (nSPS) is 11.0. The highest BCUT2D eigenvalue weighted by molar-refractivity contribution is 5.95. The first-order chi connectivity index (χ1) is 12.3. The van der Waals surface area contributed by atoms with Crippen molar-refractivity contribution in [3.05, 3.63) is 78.1 Å². The molecule has 4 N–H and O–H groups in total. The van der Waals surface area contributed by atoms with Gasteiger partial charge in [0.15, 0.2) is 0 Å². The minimum Gasteiger partial charge on any atom is -0.398 e. The first-order valence-corrected chi connectivity index (χ1v) is 8.23. The Balaban J connectivity index is 1.60. The predicted molar refractivity (Wildman–Crippen MR) is 101 cm³/mol. The Morgan fingerprint density at radius 2 is 1.76 bits per heavy atom. The van der Waals surface area contributed by atoms with Gasteiger partial charge in [-0.25, -0.2) is 0 Å². The van der Waals surface area contributed by atoms with E-state index in [9.17, 15) is 0 Å². The zero-order chi connectivity index (χ0) is 17.1. The predicted octanol–water partition coefficient (Wildman–Crippen LogP) is 3.50. The summed E-state index contributed by atoms with van der Waals surface area (Å²) < 4.78 is 0. The summed E-state index contributed by atoms with van der Waals surface area (Å²) in [6.45, 7) is 1.51. The van der Waals surface area contributed by atoms with Crippen LogP contribution in [0.1, 0.15) is 11.1 Å². The number of benzene rings is 2. The summed E-state index contributed by atoms with van der Waals surface area (Å²) >= 11 is 0. The molecule has 124 valence electrons. The molecule has 0 spiro atoms. The van der Waals surface area contributed by atoms with Crippen molar-refractivity contribution in [1.82, 2.24) is 20.5 Å². The summed E-state index contributed by atoms with van der Waals surface area (Å²) in [4.78, 5) is 4.07. The number of pyridine rings is 1. The molecule has 0 aliphatic heterocycles. The van der Waals surface area contributed by atoms with Crippen LogP contribution in [0.2, 0.25) is 0 Å². The van der Waals surface area contributed by atoms with Gasteiger partial charge in [0.25, 0.3) is 0 Å². The number of nitrogen functional groups attached to an aromatic ring is 1. The molecule has 2 aromatic heterocycles. The van der Waals surface area contributed by atoms with Gasteiger partial charge < -0.3 is 11.1 Å². The first kappa shape index (κ1) is 15.4. The van der Waals surface area contributed by atoms with Crippen molar-refractivity contribution in [3.8, 4) is 11.3 Å². The molecule has 0 aliphatic carbocycles. The summed E-state index contributed by atoms with van der Waals surface area (Å²) in [5, 5.41) is 12.0. The molecule has 25 heavy (non-hydrogen) atoms. The van der Waals surface area contributed by atoms with Gasteiger partial charge >= 0.3 is 0 Å². The highest BCUT2D eigenvalue weighted by Gasteiger charge is 2.11. The fraction of sp³-hybridized carbons (Fsp3) is 0.100. The van der Waals surface area contributed by atoms with Crippen molar-refractivity contribution in [2.45, 2.75) is 13.1 Å². The number of anilines is 1. The molecule has 0 unspecified atom stereocenters. The second kappa shape index (κ2) is 6.75. The highest BCUT2D eigenvalue weighted by atomic mass is 15.1. The average molecular weight is 329 g/mol. The van der Waals surface area contributed by atoms with Crippen molar-refractivity contribution in [1.29, 1.82) is 0 Å². The molecule has 0 amide bonds. The summed E-state index contributed by atoms with van der Waals surface area (Å²) in [7, 11) is 0. The van der Waals surface area contributed by atoms with Crippen LogP contribution in [-0.4, -0.2) is 15.2 Å². The van der Waals surface area contributed by atoms with Crippen LogP contribution in [0, 0.1) is 0 Å². The monoisotopic (exact) mass is 329 g/mol. The van der Waals surface area contributed by atoms with Gasteiger partial charge in [-0.1, -0.05) is 30.3 Å². The highest BCUT2D eigenvalue weighted by Crippen LogP contribution is 2.29. The number of nitrogens with one attached hydrogen (secondary N) is 2. The number of nitrogens with two attached hydrogens (primary N) is 1. The lowest BCUT2D eigenvalue weighted by molar-refractivity contribution is 0.695. The number of nitrogens with zero attached hydrogens (tertiary/aromatic N) is 2. The third kappa shape index (κ3) is 3.22. The lowest BCUT2D eigenvalue weighted by Gasteiger charge is -2.09. The Morgan fingerprint density at radius 1 is 0.960 bits per heavy atom.